The van der Waals surface area contributed by atoms with E-state index in [-0.39, 0.29) is 5.91 Å². The second-order valence-corrected chi connectivity index (χ2v) is 10.3. The normalized spacial score (nSPS) is 18.2. The van der Waals surface area contributed by atoms with E-state index < -0.39 is 0 Å². The molecule has 0 radical (unpaired) electrons. The highest BCUT2D eigenvalue weighted by Crippen LogP contribution is 2.51. The lowest BCUT2D eigenvalue weighted by atomic mass is 9.96. The van der Waals surface area contributed by atoms with Crippen LogP contribution in [0.4, 0.5) is 11.5 Å². The predicted octanol–water partition coefficient (Wildman–Crippen LogP) is 4.26. The molecule has 182 valence electrons. The molecule has 1 aromatic heterocycles. The number of hydrogen-bond donors (Lipinski definition) is 1. The summed E-state index contributed by atoms with van der Waals surface area (Å²) in [4.78, 5) is 25.4. The van der Waals surface area contributed by atoms with Gasteiger partial charge in [0.15, 0.2) is 0 Å². The van der Waals surface area contributed by atoms with E-state index in [4.69, 9.17) is 9.97 Å². The topological polar surface area (TPSA) is 61.4 Å². The summed E-state index contributed by atoms with van der Waals surface area (Å²) in [6, 6.07) is 7.99. The SMILES string of the molecule is C=C(Nc1cccc(CC(=O)N(C)C)c1)N1CC=C(c2ncnc3c2C2=C(CCC2)[N+]3(C)C)CC1. The Balaban J connectivity index is 1.29. The average Bonchev–Trinajstić information content (AvgIpc) is 3.41. The molecule has 7 heteroatoms. The minimum absolute atomic E-state index is 0.0913. The largest absolute Gasteiger partial charge is 0.355 e. The molecule has 0 atom stereocenters. The van der Waals surface area contributed by atoms with Gasteiger partial charge >= 0.3 is 0 Å². The van der Waals surface area contributed by atoms with Crippen molar-refractivity contribution < 1.29 is 4.79 Å². The number of nitrogens with one attached hydrogen (secondary N) is 1. The second kappa shape index (κ2) is 8.96. The molecule has 0 unspecified atom stereocenters. The number of benzene rings is 1. The van der Waals surface area contributed by atoms with Gasteiger partial charge in [0, 0.05) is 44.9 Å². The molecule has 0 fully saturated rings. The Morgan fingerprint density at radius 2 is 2.03 bits per heavy atom. The Labute approximate surface area is 208 Å². The summed E-state index contributed by atoms with van der Waals surface area (Å²) < 4.78 is 0.763. The van der Waals surface area contributed by atoms with Gasteiger partial charge in [-0.05, 0) is 42.5 Å². The number of quaternary nitrogens is 1. The predicted molar refractivity (Wildman–Crippen MR) is 142 cm³/mol. The molecule has 1 aromatic carbocycles. The highest BCUT2D eigenvalue weighted by Gasteiger charge is 2.45. The molecule has 1 N–H and O–H groups in total. The number of carbonyl (C=O) groups excluding carboxylic acids is 1. The van der Waals surface area contributed by atoms with E-state index >= 15 is 0 Å². The van der Waals surface area contributed by atoms with E-state index in [1.807, 2.05) is 24.3 Å². The first-order valence-corrected chi connectivity index (χ1v) is 12.4. The maximum absolute atomic E-state index is 12.1. The number of rotatable bonds is 6. The van der Waals surface area contributed by atoms with E-state index in [2.05, 4.69) is 37.0 Å². The van der Waals surface area contributed by atoms with Gasteiger partial charge in [-0.2, -0.15) is 4.98 Å². The fourth-order valence-electron chi connectivity index (χ4n) is 5.53. The smallest absolute Gasteiger partial charge is 0.243 e. The number of amides is 1. The summed E-state index contributed by atoms with van der Waals surface area (Å²) in [5, 5.41) is 3.43. The van der Waals surface area contributed by atoms with Gasteiger partial charge in [-0.1, -0.05) is 24.8 Å². The maximum atomic E-state index is 12.1. The van der Waals surface area contributed by atoms with Crippen LogP contribution in [0.15, 0.2) is 54.8 Å². The number of fused-ring (bicyclic) bond motifs is 2. The summed E-state index contributed by atoms with van der Waals surface area (Å²) >= 11 is 0. The molecule has 2 aromatic rings. The highest BCUT2D eigenvalue weighted by molar-refractivity contribution is 5.90. The van der Waals surface area contributed by atoms with E-state index in [1.54, 1.807) is 25.3 Å². The average molecular weight is 472 g/mol. The van der Waals surface area contributed by atoms with E-state index in [0.29, 0.717) is 6.42 Å². The van der Waals surface area contributed by atoms with Crippen LogP contribution in [0.3, 0.4) is 0 Å². The number of aromatic nitrogens is 2. The lowest BCUT2D eigenvalue weighted by Crippen LogP contribution is -2.37. The van der Waals surface area contributed by atoms with Crippen molar-refractivity contribution in [3.8, 4) is 0 Å². The Hall–Kier alpha value is -3.45. The summed E-state index contributed by atoms with van der Waals surface area (Å²) in [6.45, 7) is 5.94. The molecule has 35 heavy (non-hydrogen) atoms. The third-order valence-corrected chi connectivity index (χ3v) is 7.49. The fraction of sp³-hybridized carbons (Fsp3) is 0.393. The molecule has 0 saturated carbocycles. The monoisotopic (exact) mass is 471 g/mol. The summed E-state index contributed by atoms with van der Waals surface area (Å²) in [7, 11) is 8.07. The Morgan fingerprint density at radius 1 is 1.20 bits per heavy atom. The van der Waals surface area contributed by atoms with Gasteiger partial charge in [0.1, 0.15) is 12.0 Å². The molecule has 3 aliphatic rings. The number of anilines is 1. The zero-order valence-corrected chi connectivity index (χ0v) is 21.3. The molecular weight excluding hydrogens is 436 g/mol. The van der Waals surface area contributed by atoms with Crippen molar-refractivity contribution in [1.82, 2.24) is 24.3 Å². The van der Waals surface area contributed by atoms with Crippen molar-refractivity contribution in [1.29, 1.82) is 0 Å². The molecular formula is C28H35N6O+. The first-order chi connectivity index (χ1) is 16.8. The van der Waals surface area contributed by atoms with Crippen LogP contribution < -0.4 is 9.80 Å². The molecule has 3 heterocycles. The van der Waals surface area contributed by atoms with E-state index in [1.165, 1.54) is 28.8 Å². The molecule has 0 saturated heterocycles. The number of likely N-dealkylation sites (N-methyl/N-ethyl adjacent to an activating group) is 1. The Morgan fingerprint density at radius 3 is 2.77 bits per heavy atom. The molecule has 5 rings (SSSR count). The summed E-state index contributed by atoms with van der Waals surface area (Å²) in [6.07, 6.45) is 8.84. The van der Waals surface area contributed by atoms with Crippen LogP contribution in [0.5, 0.6) is 0 Å². The molecule has 1 amide bonds. The zero-order chi connectivity index (χ0) is 24.7. The van der Waals surface area contributed by atoms with Gasteiger partial charge < -0.3 is 15.1 Å². The van der Waals surface area contributed by atoms with Crippen molar-refractivity contribution in [3.05, 3.63) is 71.6 Å². The Kier molecular flexibility index (Phi) is 5.97. The van der Waals surface area contributed by atoms with Gasteiger partial charge in [-0.3, -0.25) is 4.79 Å². The minimum Gasteiger partial charge on any atom is -0.355 e. The van der Waals surface area contributed by atoms with Crippen LogP contribution in [0.1, 0.15) is 42.5 Å². The lowest BCUT2D eigenvalue weighted by molar-refractivity contribution is -0.127. The van der Waals surface area contributed by atoms with E-state index in [0.717, 1.165) is 65.4 Å². The van der Waals surface area contributed by atoms with Crippen molar-refractivity contribution >= 4 is 28.6 Å². The van der Waals surface area contributed by atoms with E-state index in [9.17, 15) is 4.79 Å². The number of hydrogen-bond acceptors (Lipinski definition) is 5. The maximum Gasteiger partial charge on any atom is 0.243 e. The van der Waals surface area contributed by atoms with Gasteiger partial charge in [-0.15, -0.1) is 0 Å². The molecule has 0 spiro atoms. The van der Waals surface area contributed by atoms with Crippen molar-refractivity contribution in [3.63, 3.8) is 0 Å². The molecule has 0 bridgehead atoms. The van der Waals surface area contributed by atoms with Crippen LogP contribution in [0.25, 0.3) is 11.1 Å². The summed E-state index contributed by atoms with van der Waals surface area (Å²) in [5.74, 6) is 2.10. The fourth-order valence-corrected chi connectivity index (χ4v) is 5.53. The molecule has 2 aliphatic heterocycles. The highest BCUT2D eigenvalue weighted by atomic mass is 16.2. The quantitative estimate of drug-likeness (QED) is 0.638. The third kappa shape index (κ3) is 4.25. The van der Waals surface area contributed by atoms with Crippen LogP contribution in [-0.2, 0) is 11.2 Å². The first kappa shape index (κ1) is 23.3. The van der Waals surface area contributed by atoms with Gasteiger partial charge in [0.25, 0.3) is 0 Å². The van der Waals surface area contributed by atoms with Gasteiger partial charge in [0.05, 0.1) is 37.6 Å². The van der Waals surface area contributed by atoms with Crippen LogP contribution >= 0.6 is 0 Å². The minimum atomic E-state index is 0.0913. The number of carbonyl (C=O) groups is 1. The zero-order valence-electron chi connectivity index (χ0n) is 21.3. The van der Waals surface area contributed by atoms with Crippen LogP contribution in [0, 0.1) is 0 Å². The third-order valence-electron chi connectivity index (χ3n) is 7.49. The second-order valence-electron chi connectivity index (χ2n) is 10.3. The van der Waals surface area contributed by atoms with Crippen molar-refractivity contribution in [2.24, 2.45) is 0 Å². The number of allylic oxidation sites excluding steroid dienone is 2. The number of nitrogens with zero attached hydrogens (tertiary/aromatic N) is 5. The van der Waals surface area contributed by atoms with Crippen LogP contribution in [-0.4, -0.2) is 67.0 Å². The Bertz CT molecular complexity index is 1260. The van der Waals surface area contributed by atoms with Crippen LogP contribution in [0.2, 0.25) is 0 Å². The van der Waals surface area contributed by atoms with Gasteiger partial charge in [0.2, 0.25) is 11.7 Å². The van der Waals surface area contributed by atoms with Crippen molar-refractivity contribution in [2.75, 3.05) is 46.6 Å². The first-order valence-electron chi connectivity index (χ1n) is 12.4. The molecule has 1 aliphatic carbocycles. The standard InChI is InChI=1S/C28H35N6O/c1-19(31-22-9-6-8-20(16-22)17-25(35)32(2)3)33-14-12-21(13-15-33)27-26-23-10-7-11-24(23)34(4,5)28(26)30-18-29-27/h6,8-9,12,16,18,31H,1,7,10-11,13-15,17H2,2-5H3/q+1. The molecule has 7 nitrogen and oxygen atoms in total. The van der Waals surface area contributed by atoms with Gasteiger partial charge in [-0.25, -0.2) is 9.47 Å². The lowest BCUT2D eigenvalue weighted by Gasteiger charge is -2.31. The van der Waals surface area contributed by atoms with Crippen molar-refractivity contribution in [2.45, 2.75) is 32.1 Å². The summed E-state index contributed by atoms with van der Waals surface area (Å²) in [5.41, 5.74) is 8.62.